The molecule has 1 aromatic rings. The monoisotopic (exact) mass is 223 g/mol. The minimum Gasteiger partial charge on any atom is -0.385 e. The molecular formula is C13H21NO2. The summed E-state index contributed by atoms with van der Waals surface area (Å²) in [6.07, 6.45) is 4.41. The van der Waals surface area contributed by atoms with E-state index < -0.39 is 11.7 Å². The highest BCUT2D eigenvalue weighted by Crippen LogP contribution is 2.34. The average Bonchev–Trinajstić information content (AvgIpc) is 2.32. The second-order valence-electron chi connectivity index (χ2n) is 4.17. The number of rotatable bonds is 5. The fourth-order valence-corrected chi connectivity index (χ4v) is 2.07. The molecule has 1 aromatic heterocycles. The number of nitrogens with zero attached hydrogens (tertiary/aromatic N) is 1. The molecule has 3 nitrogen and oxygen atoms in total. The van der Waals surface area contributed by atoms with Crippen molar-refractivity contribution < 1.29 is 9.84 Å². The van der Waals surface area contributed by atoms with E-state index in [-0.39, 0.29) is 0 Å². The Morgan fingerprint density at radius 1 is 1.38 bits per heavy atom. The number of aryl methyl sites for hydroxylation is 1. The first-order valence-corrected chi connectivity index (χ1v) is 5.74. The van der Waals surface area contributed by atoms with Gasteiger partial charge in [0.25, 0.3) is 0 Å². The van der Waals surface area contributed by atoms with Crippen molar-refractivity contribution in [2.24, 2.45) is 0 Å². The molecular weight excluding hydrogens is 202 g/mol. The van der Waals surface area contributed by atoms with E-state index in [0.717, 1.165) is 24.0 Å². The van der Waals surface area contributed by atoms with Crippen molar-refractivity contribution in [2.75, 3.05) is 7.11 Å². The number of aliphatic hydroxyl groups excluding tert-OH is 1. The fraction of sp³-hybridized carbons (Fsp3) is 0.615. The highest BCUT2D eigenvalue weighted by atomic mass is 16.5. The van der Waals surface area contributed by atoms with Crippen LogP contribution in [0.4, 0.5) is 0 Å². The van der Waals surface area contributed by atoms with Crippen molar-refractivity contribution in [3.8, 4) is 0 Å². The Bertz CT molecular complexity index is 326. The quantitative estimate of drug-likeness (QED) is 0.834. The smallest absolute Gasteiger partial charge is 0.109 e. The summed E-state index contributed by atoms with van der Waals surface area (Å²) >= 11 is 0. The molecule has 1 rings (SSSR count). The van der Waals surface area contributed by atoms with Gasteiger partial charge in [-0.05, 0) is 25.3 Å². The zero-order valence-electron chi connectivity index (χ0n) is 10.5. The van der Waals surface area contributed by atoms with Gasteiger partial charge >= 0.3 is 0 Å². The summed E-state index contributed by atoms with van der Waals surface area (Å²) < 4.78 is 5.51. The Morgan fingerprint density at radius 2 is 2.00 bits per heavy atom. The predicted octanol–water partition coefficient (Wildman–Crippen LogP) is 2.63. The van der Waals surface area contributed by atoms with Crippen LogP contribution >= 0.6 is 0 Å². The third-order valence-corrected chi connectivity index (χ3v) is 3.31. The van der Waals surface area contributed by atoms with Crippen LogP contribution < -0.4 is 0 Å². The average molecular weight is 223 g/mol. The molecule has 0 aliphatic rings. The molecule has 0 fully saturated rings. The van der Waals surface area contributed by atoms with Crippen LogP contribution in [0.25, 0.3) is 0 Å². The van der Waals surface area contributed by atoms with Crippen molar-refractivity contribution in [3.63, 3.8) is 0 Å². The van der Waals surface area contributed by atoms with Crippen molar-refractivity contribution in [1.29, 1.82) is 0 Å². The molecule has 1 unspecified atom stereocenters. The van der Waals surface area contributed by atoms with Crippen LogP contribution in [-0.4, -0.2) is 22.8 Å². The normalized spacial score (nSPS) is 13.8. The van der Waals surface area contributed by atoms with E-state index in [1.165, 1.54) is 0 Å². The highest BCUT2D eigenvalue weighted by molar-refractivity contribution is 5.21. The van der Waals surface area contributed by atoms with Crippen LogP contribution in [0.15, 0.2) is 18.5 Å². The van der Waals surface area contributed by atoms with Crippen LogP contribution in [0.3, 0.4) is 0 Å². The van der Waals surface area contributed by atoms with E-state index in [0.29, 0.717) is 0 Å². The predicted molar refractivity (Wildman–Crippen MR) is 64.3 cm³/mol. The van der Waals surface area contributed by atoms with Crippen molar-refractivity contribution >= 4 is 0 Å². The SMILES string of the molecule is CCC(CC)(OC)C(O)c1cncc(C)c1. The number of aliphatic hydroxyl groups is 1. The molecule has 0 amide bonds. The topological polar surface area (TPSA) is 42.4 Å². The van der Waals surface area contributed by atoms with Gasteiger partial charge in [0.1, 0.15) is 6.10 Å². The van der Waals surface area contributed by atoms with E-state index in [2.05, 4.69) is 4.98 Å². The first kappa shape index (κ1) is 13.1. The van der Waals surface area contributed by atoms with Crippen LogP contribution in [0.1, 0.15) is 43.9 Å². The zero-order valence-corrected chi connectivity index (χ0v) is 10.5. The van der Waals surface area contributed by atoms with Crippen LogP contribution in [0, 0.1) is 6.92 Å². The van der Waals surface area contributed by atoms with Crippen molar-refractivity contribution in [2.45, 2.75) is 45.3 Å². The molecule has 16 heavy (non-hydrogen) atoms. The summed E-state index contributed by atoms with van der Waals surface area (Å²) in [7, 11) is 1.65. The Balaban J connectivity index is 3.03. The second-order valence-corrected chi connectivity index (χ2v) is 4.17. The summed E-state index contributed by atoms with van der Waals surface area (Å²) in [4.78, 5) is 4.11. The number of methoxy groups -OCH3 is 1. The number of hydrogen-bond acceptors (Lipinski definition) is 3. The van der Waals surface area contributed by atoms with Gasteiger partial charge in [0.15, 0.2) is 0 Å². The molecule has 90 valence electrons. The van der Waals surface area contributed by atoms with Crippen molar-refractivity contribution in [3.05, 3.63) is 29.6 Å². The van der Waals surface area contributed by atoms with Gasteiger partial charge in [-0.1, -0.05) is 19.9 Å². The summed E-state index contributed by atoms with van der Waals surface area (Å²) in [5.74, 6) is 0. The molecule has 0 radical (unpaired) electrons. The lowest BCUT2D eigenvalue weighted by atomic mass is 9.86. The maximum Gasteiger partial charge on any atom is 0.109 e. The van der Waals surface area contributed by atoms with Gasteiger partial charge in [-0.3, -0.25) is 4.98 Å². The van der Waals surface area contributed by atoms with Crippen LogP contribution in [0.2, 0.25) is 0 Å². The number of aromatic nitrogens is 1. The third kappa shape index (κ3) is 2.42. The van der Waals surface area contributed by atoms with E-state index in [1.54, 1.807) is 19.5 Å². The maximum atomic E-state index is 10.4. The Hall–Kier alpha value is -0.930. The van der Waals surface area contributed by atoms with Gasteiger partial charge < -0.3 is 9.84 Å². The maximum absolute atomic E-state index is 10.4. The summed E-state index contributed by atoms with van der Waals surface area (Å²) in [5, 5.41) is 10.4. The van der Waals surface area contributed by atoms with Gasteiger partial charge in [-0.15, -0.1) is 0 Å². The molecule has 3 heteroatoms. The molecule has 0 aliphatic heterocycles. The number of pyridine rings is 1. The Labute approximate surface area is 97.5 Å². The second kappa shape index (κ2) is 5.41. The van der Waals surface area contributed by atoms with Gasteiger partial charge in [-0.25, -0.2) is 0 Å². The lowest BCUT2D eigenvalue weighted by Crippen LogP contribution is -2.37. The van der Waals surface area contributed by atoms with Gasteiger partial charge in [0.2, 0.25) is 0 Å². The summed E-state index contributed by atoms with van der Waals surface area (Å²) in [5.41, 5.74) is 1.37. The molecule has 1 atom stereocenters. The van der Waals surface area contributed by atoms with Gasteiger partial charge in [0.05, 0.1) is 5.60 Å². The number of ether oxygens (including phenoxy) is 1. The van der Waals surface area contributed by atoms with E-state index in [1.807, 2.05) is 26.8 Å². The van der Waals surface area contributed by atoms with Crippen LogP contribution in [-0.2, 0) is 4.74 Å². The first-order chi connectivity index (χ1) is 7.59. The molecule has 1 heterocycles. The van der Waals surface area contributed by atoms with Crippen LogP contribution in [0.5, 0.6) is 0 Å². The van der Waals surface area contributed by atoms with Gasteiger partial charge in [0, 0.05) is 25.1 Å². The molecule has 0 aliphatic carbocycles. The Morgan fingerprint density at radius 3 is 2.44 bits per heavy atom. The molecule has 1 N–H and O–H groups in total. The molecule has 0 bridgehead atoms. The lowest BCUT2D eigenvalue weighted by molar-refractivity contribution is -0.110. The van der Waals surface area contributed by atoms with E-state index >= 15 is 0 Å². The van der Waals surface area contributed by atoms with Gasteiger partial charge in [-0.2, -0.15) is 0 Å². The largest absolute Gasteiger partial charge is 0.385 e. The molecule has 0 saturated carbocycles. The first-order valence-electron chi connectivity index (χ1n) is 5.74. The molecule has 0 aromatic carbocycles. The molecule has 0 saturated heterocycles. The fourth-order valence-electron chi connectivity index (χ4n) is 2.07. The summed E-state index contributed by atoms with van der Waals surface area (Å²) in [6, 6.07) is 1.96. The number of hydrogen-bond donors (Lipinski definition) is 1. The zero-order chi connectivity index (χ0) is 12.2. The third-order valence-electron chi connectivity index (χ3n) is 3.31. The Kier molecular flexibility index (Phi) is 4.44. The molecule has 0 spiro atoms. The van der Waals surface area contributed by atoms with E-state index in [4.69, 9.17) is 4.74 Å². The minimum absolute atomic E-state index is 0.504. The minimum atomic E-state index is -0.625. The van der Waals surface area contributed by atoms with E-state index in [9.17, 15) is 5.11 Å². The summed E-state index contributed by atoms with van der Waals surface area (Å²) in [6.45, 7) is 6.02. The lowest BCUT2D eigenvalue weighted by Gasteiger charge is -2.35. The van der Waals surface area contributed by atoms with Crippen molar-refractivity contribution in [1.82, 2.24) is 4.98 Å². The standard InChI is InChI=1S/C13H21NO2/c1-5-13(6-2,16-4)12(15)11-7-10(3)8-14-9-11/h7-9,12,15H,5-6H2,1-4H3. The highest BCUT2D eigenvalue weighted by Gasteiger charge is 2.35.